The van der Waals surface area contributed by atoms with Crippen LogP contribution in [0.4, 0.5) is 9.18 Å². The van der Waals surface area contributed by atoms with Crippen LogP contribution in [0.3, 0.4) is 0 Å². The maximum atomic E-state index is 14.1. The average molecular weight is 574 g/mol. The Kier molecular flexibility index (Phi) is 9.85. The van der Waals surface area contributed by atoms with Crippen molar-refractivity contribution < 1.29 is 27.5 Å². The second-order valence-corrected chi connectivity index (χ2v) is 13.1. The number of aryl methyl sites for hydroxylation is 2. The predicted molar refractivity (Wildman–Crippen MR) is 140 cm³/mol. The van der Waals surface area contributed by atoms with E-state index in [0.29, 0.717) is 29.3 Å². The quantitative estimate of drug-likeness (QED) is 0.324. The molecule has 1 amide bonds. The van der Waals surface area contributed by atoms with Crippen molar-refractivity contribution in [3.63, 3.8) is 0 Å². The van der Waals surface area contributed by atoms with Gasteiger partial charge in [0.15, 0.2) is 0 Å². The molecule has 2 N–H and O–H groups in total. The van der Waals surface area contributed by atoms with Gasteiger partial charge in [-0.1, -0.05) is 30.3 Å². The Morgan fingerprint density at radius 2 is 1.61 bits per heavy atom. The Balaban J connectivity index is 1.67. The first-order valence-electron chi connectivity index (χ1n) is 11.6. The number of sulfone groups is 1. The molecule has 0 heterocycles. The number of hydrogen-bond donors (Lipinski definition) is 2. The van der Waals surface area contributed by atoms with Gasteiger partial charge in [-0.3, -0.25) is 4.79 Å². The molecule has 0 radical (unpaired) electrons. The first-order valence-corrected chi connectivity index (χ1v) is 15.3. The molecule has 3 aromatic rings. The first kappa shape index (κ1) is 27.6. The topological polar surface area (TPSA) is 101 Å². The Morgan fingerprint density at radius 3 is 2.25 bits per heavy atom. The molecule has 9 heteroatoms. The van der Waals surface area contributed by atoms with E-state index in [1.165, 1.54) is 6.07 Å². The summed E-state index contributed by atoms with van der Waals surface area (Å²) < 4.78 is 40.5. The third-order valence-corrected chi connectivity index (χ3v) is 9.76. The van der Waals surface area contributed by atoms with Gasteiger partial charge in [-0.25, -0.2) is 0 Å². The Labute approximate surface area is 217 Å². The summed E-state index contributed by atoms with van der Waals surface area (Å²) in [5.41, 5.74) is 2.51. The fraction of sp³-hybridized carbons (Fsp3) is 0.259. The monoisotopic (exact) mass is 573 g/mol. The van der Waals surface area contributed by atoms with E-state index in [2.05, 4.69) is 5.32 Å². The number of carbonyl (C=O) groups is 2. The van der Waals surface area contributed by atoms with E-state index in [1.807, 2.05) is 6.92 Å². The number of carbonyl (C=O) groups excluding carboxylic acids is 1. The zero-order chi connectivity index (χ0) is 26.1. The average Bonchev–Trinajstić information content (AvgIpc) is 2.84. The van der Waals surface area contributed by atoms with Crippen LogP contribution in [-0.2, 0) is 27.5 Å². The molecule has 0 aliphatic rings. The zero-order valence-electron chi connectivity index (χ0n) is 19.9. The number of amides is 1. The van der Waals surface area contributed by atoms with E-state index in [-0.39, 0.29) is 27.6 Å². The van der Waals surface area contributed by atoms with Crippen LogP contribution in [0.5, 0.6) is 0 Å². The van der Waals surface area contributed by atoms with Crippen molar-refractivity contribution in [1.29, 1.82) is 0 Å². The van der Waals surface area contributed by atoms with Crippen molar-refractivity contribution in [2.24, 2.45) is 0 Å². The van der Waals surface area contributed by atoms with Gasteiger partial charge >= 0.3 is 166 Å². The van der Waals surface area contributed by atoms with Crippen LogP contribution in [0, 0.1) is 5.82 Å². The second-order valence-electron chi connectivity index (χ2n) is 8.43. The molecule has 0 spiro atoms. The number of aliphatic carboxylic acids is 1. The molecule has 0 fully saturated rings. The summed E-state index contributed by atoms with van der Waals surface area (Å²) in [7, 11) is -3.70. The summed E-state index contributed by atoms with van der Waals surface area (Å²) in [6.45, 7) is 2.34. The normalized spacial score (nSPS) is 12.5. The summed E-state index contributed by atoms with van der Waals surface area (Å²) in [6.07, 6.45) is 0.970. The molecule has 0 saturated carbocycles. The standard InChI is InChI=1S/C27H29AsFNO5S/c1-2-30-27(33)28-24-16-20(12-15-25(24)29)9-8-19-10-13-23(14-11-19)36(34,35)18-22(17-26(31)32)21-6-4-3-5-7-21/h3-7,10-16,22,28H,2,8-9,17-18H2,1H3,(H,30,33)(H,31,32). The number of rotatable bonds is 12. The fourth-order valence-corrected chi connectivity index (χ4v) is 7.49. The van der Waals surface area contributed by atoms with Gasteiger partial charge < -0.3 is 5.11 Å². The van der Waals surface area contributed by atoms with E-state index < -0.39 is 37.5 Å². The number of carboxylic acids is 1. The van der Waals surface area contributed by atoms with Crippen LogP contribution < -0.4 is 9.67 Å². The fourth-order valence-electron chi connectivity index (χ4n) is 3.87. The predicted octanol–water partition coefficient (Wildman–Crippen LogP) is 3.43. The Hall–Kier alpha value is -2.96. The summed E-state index contributed by atoms with van der Waals surface area (Å²) in [5, 5.41) is 12.0. The SMILES string of the molecule is CCNC(=O)[AsH]c1cc(CCc2ccc(S(=O)(=O)CC(CC(=O)O)c3ccccc3)cc2)ccc1F. The third kappa shape index (κ3) is 8.03. The van der Waals surface area contributed by atoms with Crippen molar-refractivity contribution in [3.8, 4) is 0 Å². The van der Waals surface area contributed by atoms with Crippen molar-refractivity contribution in [1.82, 2.24) is 5.32 Å². The minimum atomic E-state index is -3.70. The van der Waals surface area contributed by atoms with Crippen LogP contribution in [0.2, 0.25) is 0 Å². The zero-order valence-corrected chi connectivity index (χ0v) is 22.8. The maximum absolute atomic E-state index is 14.1. The van der Waals surface area contributed by atoms with E-state index in [4.69, 9.17) is 0 Å². The van der Waals surface area contributed by atoms with Crippen molar-refractivity contribution in [2.75, 3.05) is 12.3 Å². The Morgan fingerprint density at radius 1 is 0.972 bits per heavy atom. The number of nitrogens with one attached hydrogen (secondary N) is 1. The van der Waals surface area contributed by atoms with Crippen molar-refractivity contribution in [3.05, 3.63) is 95.3 Å². The van der Waals surface area contributed by atoms with E-state index in [9.17, 15) is 27.5 Å². The molecule has 0 aliphatic heterocycles. The third-order valence-electron chi connectivity index (χ3n) is 5.71. The molecular weight excluding hydrogens is 544 g/mol. The van der Waals surface area contributed by atoms with E-state index >= 15 is 0 Å². The number of hydrogen-bond acceptors (Lipinski definition) is 4. The van der Waals surface area contributed by atoms with Crippen LogP contribution in [-0.4, -0.2) is 52.2 Å². The van der Waals surface area contributed by atoms with Gasteiger partial charge in [-0.15, -0.1) is 0 Å². The van der Waals surface area contributed by atoms with E-state index in [0.717, 1.165) is 11.1 Å². The molecule has 2 unspecified atom stereocenters. The van der Waals surface area contributed by atoms with Gasteiger partial charge in [-0.05, 0) is 5.56 Å². The molecule has 36 heavy (non-hydrogen) atoms. The van der Waals surface area contributed by atoms with Gasteiger partial charge in [0, 0.05) is 0 Å². The molecule has 0 aromatic heterocycles. The number of halogens is 1. The van der Waals surface area contributed by atoms with Gasteiger partial charge in [0.05, 0.1) is 6.42 Å². The van der Waals surface area contributed by atoms with Crippen molar-refractivity contribution >= 4 is 40.6 Å². The minimum absolute atomic E-state index is 0.108. The Bertz CT molecular complexity index is 1300. The molecule has 3 rings (SSSR count). The molecule has 6 nitrogen and oxygen atoms in total. The van der Waals surface area contributed by atoms with Crippen LogP contribution in [0.1, 0.15) is 36.0 Å². The van der Waals surface area contributed by atoms with Crippen molar-refractivity contribution in [2.45, 2.75) is 37.0 Å². The van der Waals surface area contributed by atoms with Crippen LogP contribution >= 0.6 is 0 Å². The second kappa shape index (κ2) is 12.8. The molecule has 0 bridgehead atoms. The molecule has 0 aliphatic carbocycles. The molecular formula is C27H29AsFNO5S. The van der Waals surface area contributed by atoms with Gasteiger partial charge in [0.2, 0.25) is 0 Å². The molecule has 2 atom stereocenters. The summed E-state index contributed by atoms with van der Waals surface area (Å²) in [5.74, 6) is -2.36. The molecule has 3 aromatic carbocycles. The summed E-state index contributed by atoms with van der Waals surface area (Å²) in [6, 6.07) is 20.2. The molecule has 190 valence electrons. The number of carboxylic acid groups (broad SMARTS) is 1. The van der Waals surface area contributed by atoms with Crippen LogP contribution in [0.15, 0.2) is 77.7 Å². The number of benzene rings is 3. The summed E-state index contributed by atoms with van der Waals surface area (Å²) >= 11 is -1.28. The summed E-state index contributed by atoms with van der Waals surface area (Å²) in [4.78, 5) is 23.3. The van der Waals surface area contributed by atoms with Gasteiger partial charge in [0.1, 0.15) is 0 Å². The van der Waals surface area contributed by atoms with Gasteiger partial charge in [-0.2, -0.15) is 0 Å². The molecule has 0 saturated heterocycles. The van der Waals surface area contributed by atoms with Crippen LogP contribution in [0.25, 0.3) is 0 Å². The van der Waals surface area contributed by atoms with E-state index in [1.54, 1.807) is 66.7 Å². The van der Waals surface area contributed by atoms with Gasteiger partial charge in [0.25, 0.3) is 0 Å². The first-order chi connectivity index (χ1) is 17.2.